The SMILES string of the molecule is CC(=O)CCSCCCCSSCCC(NC(C)=O)C(=O)O. The lowest BCUT2D eigenvalue weighted by molar-refractivity contribution is -0.141. The van der Waals surface area contributed by atoms with Crippen LogP contribution in [-0.2, 0) is 14.4 Å². The molecular weight excluding hydrogens is 342 g/mol. The second-order valence-corrected chi connectivity index (χ2v) is 8.72. The van der Waals surface area contributed by atoms with Crippen LogP contribution in [0.4, 0.5) is 0 Å². The lowest BCUT2D eigenvalue weighted by Crippen LogP contribution is -2.39. The van der Waals surface area contributed by atoms with Crippen molar-refractivity contribution in [3.8, 4) is 0 Å². The molecule has 0 aliphatic carbocycles. The Morgan fingerprint density at radius 1 is 1.00 bits per heavy atom. The third kappa shape index (κ3) is 14.6. The van der Waals surface area contributed by atoms with E-state index in [1.165, 1.54) is 6.92 Å². The molecule has 0 bridgehead atoms. The number of aliphatic carboxylic acids is 1. The fraction of sp³-hybridized carbons (Fsp3) is 0.786. The maximum atomic E-state index is 10.9. The third-order valence-corrected chi connectivity index (χ3v) is 6.21. The van der Waals surface area contributed by atoms with Crippen molar-refractivity contribution in [3.63, 3.8) is 0 Å². The summed E-state index contributed by atoms with van der Waals surface area (Å²) in [4.78, 5) is 32.5. The molecule has 1 atom stereocenters. The van der Waals surface area contributed by atoms with Crippen molar-refractivity contribution in [2.75, 3.05) is 23.0 Å². The first-order valence-corrected chi connectivity index (χ1v) is 10.9. The van der Waals surface area contributed by atoms with Crippen molar-refractivity contribution in [1.82, 2.24) is 5.32 Å². The van der Waals surface area contributed by atoms with Crippen LogP contribution in [0.15, 0.2) is 0 Å². The van der Waals surface area contributed by atoms with E-state index in [0.29, 0.717) is 18.6 Å². The predicted molar refractivity (Wildman–Crippen MR) is 96.6 cm³/mol. The Kier molecular flexibility index (Phi) is 14.0. The average Bonchev–Trinajstić information content (AvgIpc) is 2.42. The number of ketones is 1. The van der Waals surface area contributed by atoms with Crippen molar-refractivity contribution >= 4 is 51.0 Å². The van der Waals surface area contributed by atoms with Crippen molar-refractivity contribution in [2.45, 2.75) is 45.6 Å². The van der Waals surface area contributed by atoms with Crippen molar-refractivity contribution in [2.24, 2.45) is 0 Å². The van der Waals surface area contributed by atoms with E-state index < -0.39 is 12.0 Å². The number of carbonyl (C=O) groups is 3. The van der Waals surface area contributed by atoms with Crippen LogP contribution in [0, 0.1) is 0 Å². The Morgan fingerprint density at radius 2 is 1.64 bits per heavy atom. The van der Waals surface area contributed by atoms with Gasteiger partial charge in [-0.15, -0.1) is 0 Å². The summed E-state index contributed by atoms with van der Waals surface area (Å²) in [5.41, 5.74) is 0. The highest BCUT2D eigenvalue weighted by Gasteiger charge is 2.17. The molecule has 0 saturated heterocycles. The lowest BCUT2D eigenvalue weighted by atomic mass is 10.2. The highest BCUT2D eigenvalue weighted by molar-refractivity contribution is 8.76. The van der Waals surface area contributed by atoms with Crippen LogP contribution in [0.25, 0.3) is 0 Å². The highest BCUT2D eigenvalue weighted by Crippen LogP contribution is 2.24. The van der Waals surface area contributed by atoms with E-state index in [9.17, 15) is 14.4 Å². The van der Waals surface area contributed by atoms with Gasteiger partial charge in [0.05, 0.1) is 0 Å². The van der Waals surface area contributed by atoms with Gasteiger partial charge in [0.1, 0.15) is 11.8 Å². The van der Waals surface area contributed by atoms with Gasteiger partial charge in [0, 0.05) is 30.6 Å². The van der Waals surface area contributed by atoms with E-state index in [1.807, 2.05) is 11.8 Å². The van der Waals surface area contributed by atoms with Crippen molar-refractivity contribution in [1.29, 1.82) is 0 Å². The number of thioether (sulfide) groups is 1. The summed E-state index contributed by atoms with van der Waals surface area (Å²) in [7, 11) is 3.39. The smallest absolute Gasteiger partial charge is 0.326 e. The molecule has 128 valence electrons. The minimum absolute atomic E-state index is 0.249. The van der Waals surface area contributed by atoms with Crippen LogP contribution in [0.5, 0.6) is 0 Å². The molecule has 0 aromatic heterocycles. The van der Waals surface area contributed by atoms with Gasteiger partial charge in [0.25, 0.3) is 0 Å². The normalized spacial score (nSPS) is 11.9. The first-order valence-electron chi connectivity index (χ1n) is 7.25. The molecule has 1 unspecified atom stereocenters. The lowest BCUT2D eigenvalue weighted by Gasteiger charge is -2.12. The number of nitrogens with one attached hydrogen (secondary N) is 1. The van der Waals surface area contributed by atoms with Gasteiger partial charge in [-0.1, -0.05) is 21.6 Å². The van der Waals surface area contributed by atoms with E-state index in [4.69, 9.17) is 5.11 Å². The molecule has 0 spiro atoms. The molecule has 1 amide bonds. The fourth-order valence-electron chi connectivity index (χ4n) is 1.47. The molecule has 0 aliphatic heterocycles. The molecule has 0 rings (SSSR count). The van der Waals surface area contributed by atoms with Gasteiger partial charge in [-0.25, -0.2) is 4.79 Å². The number of carbonyl (C=O) groups excluding carboxylic acids is 2. The average molecular weight is 368 g/mol. The summed E-state index contributed by atoms with van der Waals surface area (Å²) >= 11 is 1.82. The van der Waals surface area contributed by atoms with Gasteiger partial charge in [-0.2, -0.15) is 11.8 Å². The van der Waals surface area contributed by atoms with Gasteiger partial charge < -0.3 is 10.4 Å². The summed E-state index contributed by atoms with van der Waals surface area (Å²) in [6.07, 6.45) is 3.36. The molecule has 0 radical (unpaired) electrons. The van der Waals surface area contributed by atoms with Gasteiger partial charge in [0.2, 0.25) is 5.91 Å². The van der Waals surface area contributed by atoms with Crippen LogP contribution in [-0.4, -0.2) is 51.8 Å². The van der Waals surface area contributed by atoms with Gasteiger partial charge in [-0.3, -0.25) is 9.59 Å². The van der Waals surface area contributed by atoms with Crippen LogP contribution in [0.3, 0.4) is 0 Å². The molecule has 8 heteroatoms. The summed E-state index contributed by atoms with van der Waals surface area (Å²) in [6, 6.07) is -0.789. The number of carboxylic acid groups (broad SMARTS) is 1. The van der Waals surface area contributed by atoms with Gasteiger partial charge in [-0.05, 0) is 31.9 Å². The molecular formula is C14H25NO4S3. The summed E-state index contributed by atoms with van der Waals surface area (Å²) < 4.78 is 0. The second-order valence-electron chi connectivity index (χ2n) is 4.80. The molecule has 0 aromatic carbocycles. The highest BCUT2D eigenvalue weighted by atomic mass is 33.1. The zero-order valence-electron chi connectivity index (χ0n) is 13.1. The van der Waals surface area contributed by atoms with E-state index in [-0.39, 0.29) is 11.7 Å². The van der Waals surface area contributed by atoms with E-state index in [2.05, 4.69) is 5.32 Å². The topological polar surface area (TPSA) is 83.5 Å². The zero-order chi connectivity index (χ0) is 16.8. The number of Topliss-reactive ketones (excluding diaryl/α,β-unsaturated/α-hetero) is 1. The Labute approximate surface area is 144 Å². The molecule has 22 heavy (non-hydrogen) atoms. The molecule has 2 N–H and O–H groups in total. The standard InChI is InChI=1S/C14H25NO4S3/c1-11(16)5-9-20-7-3-4-8-21-22-10-6-13(14(18)19)15-12(2)17/h13H,3-10H2,1-2H3,(H,15,17)(H,18,19). The number of hydrogen-bond acceptors (Lipinski definition) is 6. The Balaban J connectivity index is 3.40. The van der Waals surface area contributed by atoms with Crippen molar-refractivity contribution < 1.29 is 19.5 Å². The maximum absolute atomic E-state index is 10.9. The van der Waals surface area contributed by atoms with Crippen LogP contribution < -0.4 is 5.32 Å². The molecule has 5 nitrogen and oxygen atoms in total. The quantitative estimate of drug-likeness (QED) is 0.361. The molecule has 0 saturated carbocycles. The number of amides is 1. The first-order chi connectivity index (χ1) is 10.4. The number of rotatable bonds is 14. The number of carboxylic acids is 1. The first kappa shape index (κ1) is 21.7. The van der Waals surface area contributed by atoms with Gasteiger partial charge >= 0.3 is 5.97 Å². The zero-order valence-corrected chi connectivity index (χ0v) is 15.6. The summed E-state index contributed by atoms with van der Waals surface area (Å²) in [5.74, 6) is 2.69. The Morgan fingerprint density at radius 3 is 2.23 bits per heavy atom. The maximum Gasteiger partial charge on any atom is 0.326 e. The summed E-state index contributed by atoms with van der Waals surface area (Å²) in [6.45, 7) is 2.95. The summed E-state index contributed by atoms with van der Waals surface area (Å²) in [5, 5.41) is 11.4. The Hall–Kier alpha value is -0.340. The minimum Gasteiger partial charge on any atom is -0.480 e. The van der Waals surface area contributed by atoms with Crippen LogP contribution in [0.1, 0.15) is 39.5 Å². The molecule has 0 fully saturated rings. The second kappa shape index (κ2) is 14.3. The predicted octanol–water partition coefficient (Wildman–Crippen LogP) is 2.84. The molecule has 0 aromatic rings. The molecule has 0 aliphatic rings. The third-order valence-electron chi connectivity index (χ3n) is 2.61. The van der Waals surface area contributed by atoms with Gasteiger partial charge in [0.15, 0.2) is 0 Å². The Bertz CT molecular complexity index is 353. The van der Waals surface area contributed by atoms with E-state index >= 15 is 0 Å². The largest absolute Gasteiger partial charge is 0.480 e. The van der Waals surface area contributed by atoms with Crippen LogP contribution in [0.2, 0.25) is 0 Å². The monoisotopic (exact) mass is 367 g/mol. The minimum atomic E-state index is -0.983. The molecule has 0 heterocycles. The van der Waals surface area contributed by atoms with Crippen LogP contribution >= 0.6 is 33.3 Å². The number of hydrogen-bond donors (Lipinski definition) is 2. The van der Waals surface area contributed by atoms with E-state index in [0.717, 1.165) is 30.1 Å². The van der Waals surface area contributed by atoms with E-state index in [1.54, 1.807) is 28.5 Å². The van der Waals surface area contributed by atoms with Crippen molar-refractivity contribution in [3.05, 3.63) is 0 Å². The number of unbranched alkanes of at least 4 members (excludes halogenated alkanes) is 1. The fourth-order valence-corrected chi connectivity index (χ4v) is 4.75.